The summed E-state index contributed by atoms with van der Waals surface area (Å²) < 4.78 is 7.06. The number of phenolic OH excluding ortho intramolecular Hbond substituents is 1. The average molecular weight is 461 g/mol. The van der Waals surface area contributed by atoms with Gasteiger partial charge in [-0.1, -0.05) is 23.2 Å². The van der Waals surface area contributed by atoms with Crippen LogP contribution in [0.4, 0.5) is 16.2 Å². The highest BCUT2D eigenvalue weighted by Crippen LogP contribution is 2.23. The number of phenols is 1. The van der Waals surface area contributed by atoms with Gasteiger partial charge in [-0.15, -0.1) is 0 Å². The number of carbonyl (C=O) groups excluding carboxylic acids is 2. The van der Waals surface area contributed by atoms with E-state index in [-0.39, 0.29) is 11.7 Å². The van der Waals surface area contributed by atoms with Crippen LogP contribution in [0, 0.1) is 0 Å². The molecule has 0 aliphatic rings. The van der Waals surface area contributed by atoms with Crippen LogP contribution in [0.15, 0.2) is 67.0 Å². The first-order valence-electron chi connectivity index (χ1n) is 9.21. The molecule has 160 valence electrons. The lowest BCUT2D eigenvalue weighted by Gasteiger charge is -2.25. The van der Waals surface area contributed by atoms with Crippen molar-refractivity contribution < 1.29 is 24.0 Å². The van der Waals surface area contributed by atoms with Gasteiger partial charge in [0.1, 0.15) is 29.6 Å². The van der Waals surface area contributed by atoms with E-state index in [1.165, 1.54) is 35.2 Å². The number of aromatic hydroxyl groups is 1. The number of anilines is 2. The van der Waals surface area contributed by atoms with E-state index in [1.54, 1.807) is 50.2 Å². The van der Waals surface area contributed by atoms with Crippen LogP contribution >= 0.6 is 23.2 Å². The first-order chi connectivity index (χ1) is 14.6. The molecule has 31 heavy (non-hydrogen) atoms. The van der Waals surface area contributed by atoms with Crippen molar-refractivity contribution in [3.8, 4) is 11.5 Å². The van der Waals surface area contributed by atoms with E-state index < -0.39 is 11.6 Å². The van der Waals surface area contributed by atoms with Crippen LogP contribution in [0.2, 0.25) is 10.0 Å². The molecule has 3 N–H and O–H groups in total. The number of carbonyl (C=O) groups is 2. The number of halogens is 2. The number of benzene rings is 2. The first-order valence-corrected chi connectivity index (χ1v) is 9.96. The smallest absolute Gasteiger partial charge is 0.500 e. The van der Waals surface area contributed by atoms with Crippen molar-refractivity contribution in [2.24, 2.45) is 0 Å². The molecule has 0 saturated heterocycles. The van der Waals surface area contributed by atoms with Gasteiger partial charge in [0.25, 0.3) is 5.91 Å². The third kappa shape index (κ3) is 6.10. The largest absolute Gasteiger partial charge is 0.508 e. The minimum atomic E-state index is -1.17. The van der Waals surface area contributed by atoms with E-state index in [0.717, 1.165) is 0 Å². The lowest BCUT2D eigenvalue weighted by molar-refractivity contribution is -0.567. The standard InChI is InChI=1S/C22H19Cl2N3O4/c1-22(2,20(29)25-16-3-7-18(28)8-4-16)31-19-9-5-17(6-10-19)26-21(30)27-12-14(23)11-15(24)13-27/h3-13H,1-2H3,(H2-,25,26,28,29,30)/p+1. The molecule has 0 aliphatic carbocycles. The molecule has 1 aromatic heterocycles. The number of aromatic nitrogens is 1. The Hall–Kier alpha value is -3.29. The Kier molecular flexibility index (Phi) is 6.68. The van der Waals surface area contributed by atoms with Crippen LogP contribution in [0.5, 0.6) is 11.5 Å². The SMILES string of the molecule is CC(C)(Oc1ccc(NC(=O)[n+]2cc(Cl)cc(Cl)c2)cc1)C(=O)Nc1ccc(O)cc1. The fourth-order valence-electron chi connectivity index (χ4n) is 2.59. The van der Waals surface area contributed by atoms with Crippen molar-refractivity contribution in [3.63, 3.8) is 0 Å². The summed E-state index contributed by atoms with van der Waals surface area (Å²) in [5.74, 6) is 0.199. The minimum absolute atomic E-state index is 0.109. The summed E-state index contributed by atoms with van der Waals surface area (Å²) in [5, 5.41) is 15.5. The zero-order valence-electron chi connectivity index (χ0n) is 16.7. The summed E-state index contributed by atoms with van der Waals surface area (Å²) in [6.07, 6.45) is 2.88. The summed E-state index contributed by atoms with van der Waals surface area (Å²) in [7, 11) is 0. The van der Waals surface area contributed by atoms with Gasteiger partial charge in [-0.2, -0.15) is 9.36 Å². The third-order valence-electron chi connectivity index (χ3n) is 4.19. The Labute approximate surface area is 189 Å². The number of rotatable bonds is 5. The van der Waals surface area contributed by atoms with Crippen molar-refractivity contribution in [3.05, 3.63) is 77.0 Å². The first kappa shape index (κ1) is 22.4. The fourth-order valence-corrected chi connectivity index (χ4v) is 3.09. The quantitative estimate of drug-likeness (QED) is 0.374. The number of nitrogens with one attached hydrogen (secondary N) is 2. The summed E-state index contributed by atoms with van der Waals surface area (Å²) >= 11 is 11.8. The number of hydrogen-bond donors (Lipinski definition) is 3. The number of nitrogens with zero attached hydrogens (tertiary/aromatic N) is 1. The molecule has 0 atom stereocenters. The summed E-state index contributed by atoms with van der Waals surface area (Å²) in [6.45, 7) is 3.27. The Morgan fingerprint density at radius 1 is 0.903 bits per heavy atom. The van der Waals surface area contributed by atoms with Crippen molar-refractivity contribution >= 4 is 46.5 Å². The molecule has 2 aromatic carbocycles. The van der Waals surface area contributed by atoms with Crippen LogP contribution in [-0.2, 0) is 4.79 Å². The molecule has 3 rings (SSSR count). The van der Waals surface area contributed by atoms with E-state index in [2.05, 4.69) is 10.6 Å². The van der Waals surface area contributed by atoms with Crippen LogP contribution in [0.3, 0.4) is 0 Å². The molecule has 0 saturated carbocycles. The molecule has 3 aromatic rings. The minimum Gasteiger partial charge on any atom is -0.508 e. The van der Waals surface area contributed by atoms with Gasteiger partial charge in [0.2, 0.25) is 0 Å². The maximum atomic E-state index is 12.6. The normalized spacial score (nSPS) is 11.0. The molecule has 0 spiro atoms. The molecule has 0 aliphatic heterocycles. The van der Waals surface area contributed by atoms with E-state index >= 15 is 0 Å². The van der Waals surface area contributed by atoms with Gasteiger partial charge in [0.15, 0.2) is 5.60 Å². The molecule has 0 bridgehead atoms. The lowest BCUT2D eigenvalue weighted by Crippen LogP contribution is -2.45. The second kappa shape index (κ2) is 9.24. The third-order valence-corrected chi connectivity index (χ3v) is 4.60. The highest BCUT2D eigenvalue weighted by Gasteiger charge is 2.30. The number of hydrogen-bond acceptors (Lipinski definition) is 4. The van der Waals surface area contributed by atoms with Gasteiger partial charge in [-0.05, 0) is 68.4 Å². The van der Waals surface area contributed by atoms with Crippen LogP contribution in [0.1, 0.15) is 13.8 Å². The van der Waals surface area contributed by atoms with Gasteiger partial charge < -0.3 is 15.2 Å². The van der Waals surface area contributed by atoms with Crippen molar-refractivity contribution in [2.75, 3.05) is 10.6 Å². The zero-order valence-corrected chi connectivity index (χ0v) is 18.2. The van der Waals surface area contributed by atoms with Crippen LogP contribution in [-0.4, -0.2) is 22.6 Å². The topological polar surface area (TPSA) is 91.5 Å². The molecule has 0 radical (unpaired) electrons. The van der Waals surface area contributed by atoms with E-state index in [0.29, 0.717) is 27.2 Å². The number of amides is 2. The molecule has 1 heterocycles. The van der Waals surface area contributed by atoms with Gasteiger partial charge in [0, 0.05) is 5.69 Å². The molecule has 9 heteroatoms. The second-order valence-electron chi connectivity index (χ2n) is 7.15. The van der Waals surface area contributed by atoms with Gasteiger partial charge in [0.05, 0.1) is 10.0 Å². The molecular weight excluding hydrogens is 441 g/mol. The van der Waals surface area contributed by atoms with Gasteiger partial charge in [-0.25, -0.2) is 5.32 Å². The second-order valence-corrected chi connectivity index (χ2v) is 8.02. The molecular formula is C22H20Cl2N3O4+. The Balaban J connectivity index is 1.63. The number of ether oxygens (including phenoxy) is 1. The Morgan fingerprint density at radius 3 is 2.00 bits per heavy atom. The van der Waals surface area contributed by atoms with Crippen LogP contribution in [0.25, 0.3) is 0 Å². The zero-order chi connectivity index (χ0) is 22.6. The predicted molar refractivity (Wildman–Crippen MR) is 119 cm³/mol. The van der Waals surface area contributed by atoms with Crippen molar-refractivity contribution in [2.45, 2.75) is 19.4 Å². The number of pyridine rings is 1. The predicted octanol–water partition coefficient (Wildman–Crippen LogP) is 4.86. The lowest BCUT2D eigenvalue weighted by atomic mass is 10.1. The van der Waals surface area contributed by atoms with Crippen molar-refractivity contribution in [1.82, 2.24) is 0 Å². The van der Waals surface area contributed by atoms with Gasteiger partial charge in [-0.3, -0.25) is 4.79 Å². The molecule has 0 unspecified atom stereocenters. The monoisotopic (exact) mass is 460 g/mol. The van der Waals surface area contributed by atoms with E-state index in [4.69, 9.17) is 27.9 Å². The highest BCUT2D eigenvalue weighted by atomic mass is 35.5. The van der Waals surface area contributed by atoms with E-state index in [1.807, 2.05) is 0 Å². The summed E-state index contributed by atoms with van der Waals surface area (Å²) in [6, 6.07) is 13.8. The average Bonchev–Trinajstić information content (AvgIpc) is 2.70. The summed E-state index contributed by atoms with van der Waals surface area (Å²) in [5.41, 5.74) is -0.112. The highest BCUT2D eigenvalue weighted by molar-refractivity contribution is 6.34. The maximum Gasteiger partial charge on any atom is 0.500 e. The van der Waals surface area contributed by atoms with E-state index in [9.17, 15) is 14.7 Å². The molecule has 2 amide bonds. The van der Waals surface area contributed by atoms with Crippen LogP contribution < -0.4 is 19.9 Å². The molecule has 7 nitrogen and oxygen atoms in total. The molecule has 0 fully saturated rings. The fraction of sp³-hybridized carbons (Fsp3) is 0.136. The maximum absolute atomic E-state index is 12.6. The Bertz CT molecular complexity index is 1080. The Morgan fingerprint density at radius 2 is 1.42 bits per heavy atom. The van der Waals surface area contributed by atoms with Gasteiger partial charge >= 0.3 is 6.03 Å². The van der Waals surface area contributed by atoms with Crippen molar-refractivity contribution in [1.29, 1.82) is 0 Å². The summed E-state index contributed by atoms with van der Waals surface area (Å²) in [4.78, 5) is 24.9.